The van der Waals surface area contributed by atoms with E-state index in [0.29, 0.717) is 16.9 Å². The number of aryl methyl sites for hydroxylation is 2. The Morgan fingerprint density at radius 1 is 1.21 bits per heavy atom. The van der Waals surface area contributed by atoms with Crippen molar-refractivity contribution in [2.75, 3.05) is 13.1 Å². The normalized spacial score (nSPS) is 15.5. The lowest BCUT2D eigenvalue weighted by atomic mass is 10.2. The second-order valence-electron chi connectivity index (χ2n) is 7.17. The van der Waals surface area contributed by atoms with E-state index in [1.54, 1.807) is 6.92 Å². The molecule has 6 nitrogen and oxygen atoms in total. The van der Waals surface area contributed by atoms with E-state index < -0.39 is 24.0 Å². The summed E-state index contributed by atoms with van der Waals surface area (Å²) in [5.74, 6) is 0. The van der Waals surface area contributed by atoms with E-state index in [-0.39, 0.29) is 16.0 Å². The predicted octanol–water partition coefficient (Wildman–Crippen LogP) is 2.44. The lowest BCUT2D eigenvalue weighted by molar-refractivity contribution is -0.141. The molecule has 0 amide bonds. The van der Waals surface area contributed by atoms with Crippen LogP contribution in [0.15, 0.2) is 9.59 Å². The molecule has 0 bridgehead atoms. The van der Waals surface area contributed by atoms with Gasteiger partial charge in [0.25, 0.3) is 5.56 Å². The van der Waals surface area contributed by atoms with Crippen molar-refractivity contribution in [3.8, 4) is 0 Å². The van der Waals surface area contributed by atoms with Crippen LogP contribution in [0.2, 0.25) is 0 Å². The molecule has 1 saturated heterocycles. The van der Waals surface area contributed by atoms with Gasteiger partial charge in [-0.15, -0.1) is 11.3 Å². The van der Waals surface area contributed by atoms with Gasteiger partial charge in [0.1, 0.15) is 11.4 Å². The third-order valence-corrected chi connectivity index (χ3v) is 6.78. The standard InChI is InChI=1S/C17H21F3N4O2S2/c1-9(2)23-6-5-22(16(23)27)7-11-10(3)12-13(25)24(8-17(18,19)20)15(26)21(4)14(12)28-11/h9H,5-8H2,1-4H3. The molecule has 2 aromatic rings. The highest BCUT2D eigenvalue weighted by Crippen LogP contribution is 2.30. The Kier molecular flexibility index (Phi) is 5.34. The molecule has 1 aliphatic heterocycles. The zero-order valence-electron chi connectivity index (χ0n) is 16.0. The van der Waals surface area contributed by atoms with Crippen LogP contribution in [0.1, 0.15) is 24.3 Å². The molecule has 0 atom stereocenters. The number of rotatable bonds is 4. The van der Waals surface area contributed by atoms with Crippen LogP contribution in [0.5, 0.6) is 0 Å². The number of aromatic nitrogens is 2. The Morgan fingerprint density at radius 3 is 2.39 bits per heavy atom. The molecule has 3 rings (SSSR count). The quantitative estimate of drug-likeness (QED) is 0.692. The smallest absolute Gasteiger partial charge is 0.345 e. The van der Waals surface area contributed by atoms with Crippen molar-refractivity contribution in [3.63, 3.8) is 0 Å². The Bertz CT molecular complexity index is 1050. The minimum absolute atomic E-state index is 0.164. The van der Waals surface area contributed by atoms with E-state index in [1.807, 2.05) is 4.90 Å². The van der Waals surface area contributed by atoms with Crippen LogP contribution in [0.4, 0.5) is 13.2 Å². The van der Waals surface area contributed by atoms with Crippen molar-refractivity contribution in [2.45, 2.75) is 46.1 Å². The lowest BCUT2D eigenvalue weighted by Gasteiger charge is -2.24. The second kappa shape index (κ2) is 7.18. The monoisotopic (exact) mass is 434 g/mol. The molecule has 154 valence electrons. The summed E-state index contributed by atoms with van der Waals surface area (Å²) in [5.41, 5.74) is -1.27. The average molecular weight is 435 g/mol. The van der Waals surface area contributed by atoms with Gasteiger partial charge in [0.2, 0.25) is 0 Å². The molecular weight excluding hydrogens is 413 g/mol. The third-order valence-electron chi connectivity index (χ3n) is 4.93. The number of thiocarbonyl (C=S) groups is 1. The highest BCUT2D eigenvalue weighted by atomic mass is 32.1. The van der Waals surface area contributed by atoms with Crippen molar-refractivity contribution in [1.82, 2.24) is 18.9 Å². The maximum atomic E-state index is 12.8. The molecule has 0 N–H and O–H groups in total. The number of thiophene rings is 1. The SMILES string of the molecule is Cc1c(CN2CCN(C(C)C)C2=S)sc2c1c(=O)n(CC(F)(F)F)c(=O)n2C. The van der Waals surface area contributed by atoms with Crippen LogP contribution in [-0.4, -0.2) is 49.4 Å². The zero-order valence-corrected chi connectivity index (χ0v) is 17.6. The molecule has 2 aromatic heterocycles. The van der Waals surface area contributed by atoms with E-state index in [4.69, 9.17) is 12.2 Å². The number of fused-ring (bicyclic) bond motifs is 1. The fraction of sp³-hybridized carbons (Fsp3) is 0.588. The van der Waals surface area contributed by atoms with Crippen molar-refractivity contribution in [2.24, 2.45) is 7.05 Å². The minimum Gasteiger partial charge on any atom is -0.345 e. The van der Waals surface area contributed by atoms with Crippen molar-refractivity contribution in [1.29, 1.82) is 0 Å². The van der Waals surface area contributed by atoms with E-state index in [9.17, 15) is 22.8 Å². The van der Waals surface area contributed by atoms with Gasteiger partial charge in [-0.3, -0.25) is 13.9 Å². The van der Waals surface area contributed by atoms with Crippen LogP contribution < -0.4 is 11.2 Å². The Hall–Kier alpha value is -1.88. The van der Waals surface area contributed by atoms with Gasteiger partial charge in [-0.2, -0.15) is 13.2 Å². The van der Waals surface area contributed by atoms with Crippen molar-refractivity contribution < 1.29 is 13.2 Å². The molecule has 11 heteroatoms. The van der Waals surface area contributed by atoms with Crippen LogP contribution in [0.25, 0.3) is 10.2 Å². The topological polar surface area (TPSA) is 50.5 Å². The van der Waals surface area contributed by atoms with Gasteiger partial charge in [-0.05, 0) is 38.6 Å². The molecule has 0 spiro atoms. The largest absolute Gasteiger partial charge is 0.406 e. The first-order valence-electron chi connectivity index (χ1n) is 8.76. The summed E-state index contributed by atoms with van der Waals surface area (Å²) >= 11 is 6.78. The van der Waals surface area contributed by atoms with Crippen LogP contribution >= 0.6 is 23.6 Å². The van der Waals surface area contributed by atoms with E-state index in [1.165, 1.54) is 18.4 Å². The number of halogens is 3. The fourth-order valence-corrected chi connectivity index (χ4v) is 5.12. The van der Waals surface area contributed by atoms with Gasteiger partial charge >= 0.3 is 11.9 Å². The Morgan fingerprint density at radius 2 is 1.86 bits per heavy atom. The zero-order chi connectivity index (χ0) is 21.0. The number of hydrogen-bond acceptors (Lipinski definition) is 4. The highest BCUT2D eigenvalue weighted by Gasteiger charge is 2.32. The van der Waals surface area contributed by atoms with Crippen LogP contribution in [0, 0.1) is 6.92 Å². The van der Waals surface area contributed by atoms with Gasteiger partial charge in [0, 0.05) is 31.1 Å². The summed E-state index contributed by atoms with van der Waals surface area (Å²) in [5, 5.41) is 0.882. The van der Waals surface area contributed by atoms with Crippen LogP contribution in [0.3, 0.4) is 0 Å². The summed E-state index contributed by atoms with van der Waals surface area (Å²) in [7, 11) is 1.39. The maximum Gasteiger partial charge on any atom is 0.406 e. The average Bonchev–Trinajstić information content (AvgIpc) is 3.10. The molecule has 0 aliphatic carbocycles. The van der Waals surface area contributed by atoms with Crippen molar-refractivity contribution >= 4 is 38.9 Å². The molecule has 1 fully saturated rings. The highest BCUT2D eigenvalue weighted by molar-refractivity contribution is 7.80. The summed E-state index contributed by atoms with van der Waals surface area (Å²) in [6, 6.07) is 0.274. The van der Waals surface area contributed by atoms with E-state index in [0.717, 1.165) is 27.6 Å². The van der Waals surface area contributed by atoms with Crippen LogP contribution in [-0.2, 0) is 20.1 Å². The summed E-state index contributed by atoms with van der Waals surface area (Å²) in [6.45, 7) is 6.22. The van der Waals surface area contributed by atoms with Gasteiger partial charge in [0.15, 0.2) is 5.11 Å². The summed E-state index contributed by atoms with van der Waals surface area (Å²) in [4.78, 5) is 30.3. The molecule has 0 unspecified atom stereocenters. The summed E-state index contributed by atoms with van der Waals surface area (Å²) in [6.07, 6.45) is -4.65. The number of hydrogen-bond donors (Lipinski definition) is 0. The molecule has 0 saturated carbocycles. The van der Waals surface area contributed by atoms with Crippen molar-refractivity contribution in [3.05, 3.63) is 31.3 Å². The van der Waals surface area contributed by atoms with E-state index >= 15 is 0 Å². The fourth-order valence-electron chi connectivity index (χ4n) is 3.39. The van der Waals surface area contributed by atoms with Gasteiger partial charge < -0.3 is 9.80 Å². The molecule has 0 aromatic carbocycles. The first-order valence-corrected chi connectivity index (χ1v) is 9.99. The molecule has 0 radical (unpaired) electrons. The Labute approximate surface area is 168 Å². The molecule has 3 heterocycles. The van der Waals surface area contributed by atoms with Gasteiger partial charge in [0.05, 0.1) is 11.9 Å². The minimum atomic E-state index is -4.65. The maximum absolute atomic E-state index is 12.8. The number of alkyl halides is 3. The third kappa shape index (κ3) is 3.57. The Balaban J connectivity index is 2.06. The van der Waals surface area contributed by atoms with Gasteiger partial charge in [-0.25, -0.2) is 4.79 Å². The first-order chi connectivity index (χ1) is 12.9. The summed E-state index contributed by atoms with van der Waals surface area (Å²) < 4.78 is 39.8. The number of nitrogens with zero attached hydrogens (tertiary/aromatic N) is 4. The lowest BCUT2D eigenvalue weighted by Crippen LogP contribution is -2.42. The first kappa shape index (κ1) is 20.8. The second-order valence-corrected chi connectivity index (χ2v) is 8.62. The predicted molar refractivity (Wildman–Crippen MR) is 107 cm³/mol. The molecule has 1 aliphatic rings. The molecular formula is C17H21F3N4O2S2. The molecule has 28 heavy (non-hydrogen) atoms. The van der Waals surface area contributed by atoms with E-state index in [2.05, 4.69) is 18.7 Å². The van der Waals surface area contributed by atoms with Gasteiger partial charge in [-0.1, -0.05) is 0 Å².